The molecule has 4 heteroatoms. The van der Waals surface area contributed by atoms with E-state index < -0.39 is 0 Å². The lowest BCUT2D eigenvalue weighted by Gasteiger charge is -2.17. The predicted octanol–water partition coefficient (Wildman–Crippen LogP) is 4.92. The van der Waals surface area contributed by atoms with Crippen molar-refractivity contribution in [2.75, 3.05) is 5.32 Å². The van der Waals surface area contributed by atoms with Gasteiger partial charge in [-0.2, -0.15) is 0 Å². The maximum absolute atomic E-state index is 13.3. The summed E-state index contributed by atoms with van der Waals surface area (Å²) in [6.07, 6.45) is 1.88. The maximum Gasteiger partial charge on any atom is 0.125 e. The van der Waals surface area contributed by atoms with Gasteiger partial charge in [0.1, 0.15) is 5.82 Å². The monoisotopic (exact) mass is 286 g/mol. The Morgan fingerprint density at radius 3 is 2.95 bits per heavy atom. The van der Waals surface area contributed by atoms with Crippen molar-refractivity contribution < 1.29 is 4.39 Å². The number of rotatable bonds is 3. The van der Waals surface area contributed by atoms with Gasteiger partial charge in [0, 0.05) is 11.9 Å². The Morgan fingerprint density at radius 1 is 1.25 bits per heavy atom. The second-order valence-corrected chi connectivity index (χ2v) is 5.85. The standard InChI is InChI=1S/C16H15FN2S/c1-10-3-4-13(17)8-15(10)19-11(2)12-7-16-14(18-9-12)5-6-20-16/h3-9,11,19H,1-2H3. The molecule has 0 saturated carbocycles. The van der Waals surface area contributed by atoms with Gasteiger partial charge in [0.15, 0.2) is 0 Å². The Kier molecular flexibility index (Phi) is 3.40. The third-order valence-electron chi connectivity index (χ3n) is 3.40. The zero-order chi connectivity index (χ0) is 14.1. The molecule has 3 aromatic rings. The third-order valence-corrected chi connectivity index (χ3v) is 4.25. The number of hydrogen-bond acceptors (Lipinski definition) is 3. The average Bonchev–Trinajstić information content (AvgIpc) is 2.90. The van der Waals surface area contributed by atoms with Gasteiger partial charge in [-0.05, 0) is 54.6 Å². The van der Waals surface area contributed by atoms with Gasteiger partial charge in [-0.1, -0.05) is 6.07 Å². The van der Waals surface area contributed by atoms with E-state index in [4.69, 9.17) is 0 Å². The lowest BCUT2D eigenvalue weighted by molar-refractivity contribution is 0.627. The molecule has 0 saturated heterocycles. The number of nitrogens with zero attached hydrogens (tertiary/aromatic N) is 1. The van der Waals surface area contributed by atoms with E-state index in [9.17, 15) is 4.39 Å². The zero-order valence-electron chi connectivity index (χ0n) is 11.4. The van der Waals surface area contributed by atoms with Gasteiger partial charge in [-0.15, -0.1) is 11.3 Å². The highest BCUT2D eigenvalue weighted by molar-refractivity contribution is 7.17. The summed E-state index contributed by atoms with van der Waals surface area (Å²) in [4.78, 5) is 4.44. The SMILES string of the molecule is Cc1ccc(F)cc1NC(C)c1cnc2ccsc2c1. The zero-order valence-corrected chi connectivity index (χ0v) is 12.2. The molecule has 2 aromatic heterocycles. The van der Waals surface area contributed by atoms with Crippen LogP contribution in [0.5, 0.6) is 0 Å². The van der Waals surface area contributed by atoms with E-state index in [1.54, 1.807) is 17.4 Å². The summed E-state index contributed by atoms with van der Waals surface area (Å²) in [5.41, 5.74) is 3.98. The number of halogens is 1. The minimum atomic E-state index is -0.225. The second kappa shape index (κ2) is 5.21. The van der Waals surface area contributed by atoms with Crippen LogP contribution in [0.1, 0.15) is 24.1 Å². The van der Waals surface area contributed by atoms with Crippen molar-refractivity contribution in [2.45, 2.75) is 19.9 Å². The molecule has 1 unspecified atom stereocenters. The van der Waals surface area contributed by atoms with Crippen LogP contribution in [0.25, 0.3) is 10.2 Å². The number of aromatic nitrogens is 1. The van der Waals surface area contributed by atoms with Crippen LogP contribution >= 0.6 is 11.3 Å². The van der Waals surface area contributed by atoms with Gasteiger partial charge in [0.25, 0.3) is 0 Å². The molecule has 2 nitrogen and oxygen atoms in total. The fourth-order valence-corrected chi connectivity index (χ4v) is 2.95. The summed E-state index contributed by atoms with van der Waals surface area (Å²) in [5, 5.41) is 5.39. The Hall–Kier alpha value is -1.94. The number of thiophene rings is 1. The van der Waals surface area contributed by atoms with Crippen molar-refractivity contribution >= 4 is 27.2 Å². The largest absolute Gasteiger partial charge is 0.378 e. The summed E-state index contributed by atoms with van der Waals surface area (Å²) < 4.78 is 14.5. The molecule has 0 aliphatic rings. The minimum absolute atomic E-state index is 0.0782. The number of anilines is 1. The van der Waals surface area contributed by atoms with Gasteiger partial charge >= 0.3 is 0 Å². The molecule has 0 radical (unpaired) electrons. The topological polar surface area (TPSA) is 24.9 Å². The van der Waals surface area contributed by atoms with E-state index >= 15 is 0 Å². The number of pyridine rings is 1. The Balaban J connectivity index is 1.88. The molecule has 0 aliphatic carbocycles. The first-order chi connectivity index (χ1) is 9.63. The van der Waals surface area contributed by atoms with Crippen LogP contribution in [-0.4, -0.2) is 4.98 Å². The van der Waals surface area contributed by atoms with E-state index in [-0.39, 0.29) is 11.9 Å². The second-order valence-electron chi connectivity index (χ2n) is 4.90. The molecule has 3 rings (SSSR count). The van der Waals surface area contributed by atoms with E-state index in [0.717, 1.165) is 22.3 Å². The molecule has 0 spiro atoms. The van der Waals surface area contributed by atoms with Crippen molar-refractivity contribution in [3.05, 3.63) is 58.9 Å². The molecule has 0 amide bonds. The highest BCUT2D eigenvalue weighted by Gasteiger charge is 2.09. The number of hydrogen-bond donors (Lipinski definition) is 1. The number of benzene rings is 1. The van der Waals surface area contributed by atoms with Crippen LogP contribution < -0.4 is 5.32 Å². The van der Waals surface area contributed by atoms with Gasteiger partial charge in [0.05, 0.1) is 16.3 Å². The molecule has 0 fully saturated rings. The van der Waals surface area contributed by atoms with Crippen LogP contribution in [-0.2, 0) is 0 Å². The average molecular weight is 286 g/mol. The Bertz CT molecular complexity index is 751. The highest BCUT2D eigenvalue weighted by atomic mass is 32.1. The fraction of sp³-hybridized carbons (Fsp3) is 0.188. The quantitative estimate of drug-likeness (QED) is 0.739. The number of nitrogens with one attached hydrogen (secondary N) is 1. The van der Waals surface area contributed by atoms with E-state index in [0.29, 0.717) is 0 Å². The number of aryl methyl sites for hydroxylation is 1. The van der Waals surface area contributed by atoms with Crippen molar-refractivity contribution in [1.82, 2.24) is 4.98 Å². The van der Waals surface area contributed by atoms with Crippen molar-refractivity contribution in [1.29, 1.82) is 0 Å². The molecule has 0 aliphatic heterocycles. The Morgan fingerprint density at radius 2 is 2.10 bits per heavy atom. The third kappa shape index (κ3) is 2.51. The molecule has 2 heterocycles. The van der Waals surface area contributed by atoms with Gasteiger partial charge < -0.3 is 5.32 Å². The van der Waals surface area contributed by atoms with Crippen molar-refractivity contribution in [2.24, 2.45) is 0 Å². The lowest BCUT2D eigenvalue weighted by Crippen LogP contribution is -2.08. The highest BCUT2D eigenvalue weighted by Crippen LogP contribution is 2.26. The normalized spacial score (nSPS) is 12.6. The molecular weight excluding hydrogens is 271 g/mol. The predicted molar refractivity (Wildman–Crippen MR) is 82.8 cm³/mol. The van der Waals surface area contributed by atoms with E-state index in [1.165, 1.54) is 16.8 Å². The van der Waals surface area contributed by atoms with E-state index in [2.05, 4.69) is 23.3 Å². The molecular formula is C16H15FN2S. The summed E-state index contributed by atoms with van der Waals surface area (Å²) >= 11 is 1.68. The summed E-state index contributed by atoms with van der Waals surface area (Å²) in [7, 11) is 0. The van der Waals surface area contributed by atoms with Crippen molar-refractivity contribution in [3.8, 4) is 0 Å². The summed E-state index contributed by atoms with van der Waals surface area (Å²) in [6, 6.07) is 9.02. The first-order valence-corrected chi connectivity index (χ1v) is 7.37. The lowest BCUT2D eigenvalue weighted by atomic mass is 10.1. The molecule has 1 N–H and O–H groups in total. The van der Waals surface area contributed by atoms with Crippen LogP contribution in [0.2, 0.25) is 0 Å². The van der Waals surface area contributed by atoms with Crippen LogP contribution in [0.15, 0.2) is 41.9 Å². The first kappa shape index (κ1) is 13.1. The van der Waals surface area contributed by atoms with Crippen LogP contribution in [0, 0.1) is 12.7 Å². The molecule has 1 aromatic carbocycles. The van der Waals surface area contributed by atoms with Crippen LogP contribution in [0.3, 0.4) is 0 Å². The maximum atomic E-state index is 13.3. The fourth-order valence-electron chi connectivity index (χ4n) is 2.16. The first-order valence-electron chi connectivity index (χ1n) is 6.49. The molecule has 0 bridgehead atoms. The smallest absolute Gasteiger partial charge is 0.125 e. The summed E-state index contributed by atoms with van der Waals surface area (Å²) in [5.74, 6) is -0.225. The van der Waals surface area contributed by atoms with Gasteiger partial charge in [0.2, 0.25) is 0 Å². The van der Waals surface area contributed by atoms with E-state index in [1.807, 2.05) is 24.6 Å². The number of fused-ring (bicyclic) bond motifs is 1. The molecule has 1 atom stereocenters. The Labute approximate surface area is 121 Å². The molecule has 20 heavy (non-hydrogen) atoms. The van der Waals surface area contributed by atoms with Gasteiger partial charge in [-0.25, -0.2) is 4.39 Å². The van der Waals surface area contributed by atoms with Gasteiger partial charge in [-0.3, -0.25) is 4.98 Å². The van der Waals surface area contributed by atoms with Crippen molar-refractivity contribution in [3.63, 3.8) is 0 Å². The minimum Gasteiger partial charge on any atom is -0.378 e. The summed E-state index contributed by atoms with van der Waals surface area (Å²) in [6.45, 7) is 4.02. The molecule has 102 valence electrons. The van der Waals surface area contributed by atoms with Crippen LogP contribution in [0.4, 0.5) is 10.1 Å².